The van der Waals surface area contributed by atoms with E-state index in [-0.39, 0.29) is 23.7 Å². The van der Waals surface area contributed by atoms with Gasteiger partial charge in [0.05, 0.1) is 7.11 Å². The van der Waals surface area contributed by atoms with Crippen LogP contribution in [0, 0.1) is 11.8 Å². The van der Waals surface area contributed by atoms with E-state index in [0.717, 1.165) is 49.1 Å². The first-order valence-electron chi connectivity index (χ1n) is 10.4. The van der Waals surface area contributed by atoms with Gasteiger partial charge in [0.25, 0.3) is 0 Å². The van der Waals surface area contributed by atoms with Crippen molar-refractivity contribution in [2.45, 2.75) is 32.1 Å². The van der Waals surface area contributed by atoms with Crippen LogP contribution in [-0.4, -0.2) is 36.9 Å². The molecule has 2 aromatic rings. The summed E-state index contributed by atoms with van der Waals surface area (Å²) in [6.45, 7) is 1.38. The van der Waals surface area contributed by atoms with Crippen LogP contribution in [0.2, 0.25) is 0 Å². The average molecular weight is 392 g/mol. The minimum Gasteiger partial charge on any atom is -0.496 e. The molecule has 1 saturated carbocycles. The number of anilines is 1. The summed E-state index contributed by atoms with van der Waals surface area (Å²) in [6.07, 6.45) is 4.27. The van der Waals surface area contributed by atoms with Crippen molar-refractivity contribution in [3.05, 3.63) is 59.7 Å². The second kappa shape index (κ2) is 8.68. The summed E-state index contributed by atoms with van der Waals surface area (Å²) in [5.74, 6) is 1.35. The van der Waals surface area contributed by atoms with Crippen LogP contribution in [0.3, 0.4) is 0 Å². The fraction of sp³-hybridized carbons (Fsp3) is 0.417. The zero-order valence-corrected chi connectivity index (χ0v) is 16.9. The molecule has 0 radical (unpaired) electrons. The summed E-state index contributed by atoms with van der Waals surface area (Å²) >= 11 is 0. The Bertz CT molecular complexity index is 869. The number of benzene rings is 2. The number of hydrogen-bond acceptors (Lipinski definition) is 3. The Labute approximate surface area is 172 Å². The highest BCUT2D eigenvalue weighted by Crippen LogP contribution is 2.33. The molecule has 0 bridgehead atoms. The summed E-state index contributed by atoms with van der Waals surface area (Å²) in [4.78, 5) is 26.9. The van der Waals surface area contributed by atoms with Crippen LogP contribution in [0.5, 0.6) is 5.75 Å². The van der Waals surface area contributed by atoms with Gasteiger partial charge >= 0.3 is 0 Å². The first kappa shape index (κ1) is 19.5. The van der Waals surface area contributed by atoms with E-state index >= 15 is 0 Å². The first-order chi connectivity index (χ1) is 14.1. The molecule has 1 heterocycles. The minimum absolute atomic E-state index is 0.0411. The monoisotopic (exact) mass is 392 g/mol. The van der Waals surface area contributed by atoms with E-state index in [2.05, 4.69) is 17.4 Å². The summed E-state index contributed by atoms with van der Waals surface area (Å²) in [7, 11) is 1.67. The number of likely N-dealkylation sites (tertiary alicyclic amines) is 1. The van der Waals surface area contributed by atoms with Gasteiger partial charge in [-0.15, -0.1) is 0 Å². The van der Waals surface area contributed by atoms with Crippen molar-refractivity contribution in [1.82, 2.24) is 4.90 Å². The van der Waals surface area contributed by atoms with Gasteiger partial charge in [0.2, 0.25) is 11.8 Å². The van der Waals surface area contributed by atoms with Gasteiger partial charge in [0.15, 0.2) is 0 Å². The zero-order chi connectivity index (χ0) is 20.2. The number of rotatable bonds is 6. The Morgan fingerprint density at radius 1 is 1.00 bits per heavy atom. The SMILES string of the molecule is COc1ccc(NC(=O)C2CCN(C(=O)C3CC3)CC2)cc1Cc1ccccc1. The fourth-order valence-corrected chi connectivity index (χ4v) is 4.01. The largest absolute Gasteiger partial charge is 0.496 e. The van der Waals surface area contributed by atoms with Crippen LogP contribution in [0.1, 0.15) is 36.8 Å². The third-order valence-electron chi connectivity index (χ3n) is 5.89. The Morgan fingerprint density at radius 3 is 2.38 bits per heavy atom. The number of ether oxygens (including phenoxy) is 1. The van der Waals surface area contributed by atoms with Gasteiger partial charge in [-0.25, -0.2) is 0 Å². The molecule has 0 atom stereocenters. The van der Waals surface area contributed by atoms with Crippen LogP contribution in [-0.2, 0) is 16.0 Å². The molecule has 2 aromatic carbocycles. The van der Waals surface area contributed by atoms with Crippen molar-refractivity contribution < 1.29 is 14.3 Å². The Morgan fingerprint density at radius 2 is 1.72 bits per heavy atom. The van der Waals surface area contributed by atoms with Gasteiger partial charge in [-0.1, -0.05) is 30.3 Å². The molecule has 2 aliphatic rings. The number of nitrogens with zero attached hydrogens (tertiary/aromatic N) is 1. The maximum Gasteiger partial charge on any atom is 0.227 e. The van der Waals surface area contributed by atoms with E-state index < -0.39 is 0 Å². The van der Waals surface area contributed by atoms with Crippen LogP contribution >= 0.6 is 0 Å². The highest BCUT2D eigenvalue weighted by molar-refractivity contribution is 5.93. The van der Waals surface area contributed by atoms with Gasteiger partial charge in [-0.05, 0) is 49.4 Å². The topological polar surface area (TPSA) is 58.6 Å². The lowest BCUT2D eigenvalue weighted by Crippen LogP contribution is -2.42. The van der Waals surface area contributed by atoms with Crippen LogP contribution in [0.15, 0.2) is 48.5 Å². The number of amides is 2. The smallest absolute Gasteiger partial charge is 0.227 e. The number of hydrogen-bond donors (Lipinski definition) is 1. The number of carbonyl (C=O) groups excluding carboxylic acids is 2. The highest BCUT2D eigenvalue weighted by atomic mass is 16.5. The van der Waals surface area contributed by atoms with Crippen LogP contribution < -0.4 is 10.1 Å². The molecule has 1 aliphatic carbocycles. The molecule has 4 rings (SSSR count). The quantitative estimate of drug-likeness (QED) is 0.812. The Balaban J connectivity index is 1.38. The molecule has 1 saturated heterocycles. The molecule has 2 fully saturated rings. The molecule has 0 spiro atoms. The molecule has 0 unspecified atom stereocenters. The van der Waals surface area contributed by atoms with Gasteiger partial charge in [0, 0.05) is 42.6 Å². The molecule has 5 heteroatoms. The second-order valence-corrected chi connectivity index (χ2v) is 8.05. The Kier molecular flexibility index (Phi) is 5.84. The van der Waals surface area contributed by atoms with Crippen molar-refractivity contribution >= 4 is 17.5 Å². The third-order valence-corrected chi connectivity index (χ3v) is 5.89. The molecule has 5 nitrogen and oxygen atoms in total. The van der Waals surface area contributed by atoms with E-state index in [1.807, 2.05) is 41.3 Å². The molecule has 1 aliphatic heterocycles. The molecule has 152 valence electrons. The number of methoxy groups -OCH3 is 1. The summed E-state index contributed by atoms with van der Waals surface area (Å²) < 4.78 is 5.50. The number of nitrogens with one attached hydrogen (secondary N) is 1. The van der Waals surface area contributed by atoms with Crippen molar-refractivity contribution in [2.24, 2.45) is 11.8 Å². The highest BCUT2D eigenvalue weighted by Gasteiger charge is 2.35. The molecule has 29 heavy (non-hydrogen) atoms. The maximum atomic E-state index is 12.8. The molecular formula is C24H28N2O3. The predicted molar refractivity (Wildman–Crippen MR) is 113 cm³/mol. The maximum absolute atomic E-state index is 12.8. The summed E-state index contributed by atoms with van der Waals surface area (Å²) in [5, 5.41) is 3.07. The molecule has 1 N–H and O–H groups in total. The van der Waals surface area contributed by atoms with Crippen molar-refractivity contribution in [1.29, 1.82) is 0 Å². The lowest BCUT2D eigenvalue weighted by atomic mass is 9.95. The van der Waals surface area contributed by atoms with Gasteiger partial charge in [-0.2, -0.15) is 0 Å². The average Bonchev–Trinajstić information content (AvgIpc) is 3.60. The number of piperidine rings is 1. The van der Waals surface area contributed by atoms with Crippen LogP contribution in [0.25, 0.3) is 0 Å². The number of carbonyl (C=O) groups is 2. The van der Waals surface area contributed by atoms with Gasteiger partial charge < -0.3 is 15.0 Å². The molecule has 2 amide bonds. The van der Waals surface area contributed by atoms with Gasteiger partial charge in [-0.3, -0.25) is 9.59 Å². The lowest BCUT2D eigenvalue weighted by molar-refractivity contribution is -0.135. The normalized spacial score (nSPS) is 17.1. The standard InChI is InChI=1S/C24H28N2O3/c1-29-22-10-9-21(16-20(22)15-17-5-3-2-4-6-17)25-23(27)18-11-13-26(14-12-18)24(28)19-7-8-19/h2-6,9-10,16,18-19H,7-8,11-15H2,1H3,(H,25,27). The first-order valence-corrected chi connectivity index (χ1v) is 10.4. The van der Waals surface area contributed by atoms with E-state index in [4.69, 9.17) is 4.74 Å². The zero-order valence-electron chi connectivity index (χ0n) is 16.9. The summed E-state index contributed by atoms with van der Waals surface area (Å²) in [5.41, 5.74) is 3.03. The predicted octanol–water partition coefficient (Wildman–Crippen LogP) is 3.87. The van der Waals surface area contributed by atoms with E-state index in [0.29, 0.717) is 13.1 Å². The van der Waals surface area contributed by atoms with Crippen LogP contribution in [0.4, 0.5) is 5.69 Å². The van der Waals surface area contributed by atoms with E-state index in [1.54, 1.807) is 7.11 Å². The van der Waals surface area contributed by atoms with E-state index in [1.165, 1.54) is 5.56 Å². The van der Waals surface area contributed by atoms with Crippen molar-refractivity contribution in [3.63, 3.8) is 0 Å². The minimum atomic E-state index is -0.0436. The summed E-state index contributed by atoms with van der Waals surface area (Å²) in [6, 6.07) is 16.0. The van der Waals surface area contributed by atoms with Gasteiger partial charge in [0.1, 0.15) is 5.75 Å². The molecule has 0 aromatic heterocycles. The van der Waals surface area contributed by atoms with Crippen molar-refractivity contribution in [3.8, 4) is 5.75 Å². The fourth-order valence-electron chi connectivity index (χ4n) is 4.01. The molecular weight excluding hydrogens is 364 g/mol. The van der Waals surface area contributed by atoms with E-state index in [9.17, 15) is 9.59 Å². The van der Waals surface area contributed by atoms with Crippen molar-refractivity contribution in [2.75, 3.05) is 25.5 Å². The second-order valence-electron chi connectivity index (χ2n) is 8.05. The lowest BCUT2D eigenvalue weighted by Gasteiger charge is -2.31. The Hall–Kier alpha value is -2.82. The third kappa shape index (κ3) is 4.78.